The van der Waals surface area contributed by atoms with Crippen LogP contribution < -0.4 is 0 Å². The van der Waals surface area contributed by atoms with Gasteiger partial charge >= 0.3 is 11.9 Å². The molecule has 0 aliphatic heterocycles. The van der Waals surface area contributed by atoms with Crippen LogP contribution in [-0.4, -0.2) is 48.6 Å². The van der Waals surface area contributed by atoms with Crippen molar-refractivity contribution in [3.63, 3.8) is 0 Å². The van der Waals surface area contributed by atoms with E-state index in [1.165, 1.54) is 0 Å². The Morgan fingerprint density at radius 3 is 0.963 bits per heavy atom. The van der Waals surface area contributed by atoms with Gasteiger partial charge in [-0.25, -0.2) is 0 Å². The number of esters is 2. The monoisotopic (exact) mass is 745 g/mol. The second-order valence-corrected chi connectivity index (χ2v) is 11.9. The summed E-state index contributed by atoms with van der Waals surface area (Å²) < 4.78 is 10.5. The molecule has 0 saturated carbocycles. The van der Waals surface area contributed by atoms with E-state index in [1.54, 1.807) is 0 Å². The maximum atomic E-state index is 12.1. The van der Waals surface area contributed by atoms with Gasteiger partial charge in [-0.05, 0) is 89.9 Å². The van der Waals surface area contributed by atoms with Crippen LogP contribution >= 0.6 is 0 Å². The molecule has 6 heteroatoms. The fourth-order valence-corrected chi connectivity index (χ4v) is 4.31. The lowest BCUT2D eigenvalue weighted by molar-refractivity contribution is -0.161. The molecule has 0 bridgehead atoms. The fourth-order valence-electron chi connectivity index (χ4n) is 4.31. The highest BCUT2D eigenvalue weighted by molar-refractivity contribution is 5.70. The molecule has 0 fully saturated rings. The van der Waals surface area contributed by atoms with E-state index in [4.69, 9.17) is 14.6 Å². The van der Waals surface area contributed by atoms with Crippen molar-refractivity contribution in [3.05, 3.63) is 146 Å². The third-order valence-corrected chi connectivity index (χ3v) is 7.16. The van der Waals surface area contributed by atoms with Crippen LogP contribution in [0.1, 0.15) is 117 Å². The highest BCUT2D eigenvalue weighted by Crippen LogP contribution is 2.04. The molecule has 0 heterocycles. The van der Waals surface area contributed by atoms with Gasteiger partial charge in [0.15, 0.2) is 6.10 Å². The van der Waals surface area contributed by atoms with E-state index in [0.717, 1.165) is 84.2 Å². The first-order chi connectivity index (χ1) is 26.6. The Morgan fingerprint density at radius 1 is 0.426 bits per heavy atom. The SMILES string of the molecule is CC/C=C\C/C=C\C/C=C\C/C=C\C/C=C\C/C=C\CCC(=O)OC[C@H](CO)OC(=O)CC/C=C\C/C=C\C/C=C\C/C=C\C/C=C\C/C=C\CC.CO. The van der Waals surface area contributed by atoms with Crippen molar-refractivity contribution in [1.29, 1.82) is 0 Å². The van der Waals surface area contributed by atoms with E-state index < -0.39 is 18.7 Å². The maximum absolute atomic E-state index is 12.1. The molecule has 0 aromatic rings. The van der Waals surface area contributed by atoms with E-state index in [9.17, 15) is 14.7 Å². The smallest absolute Gasteiger partial charge is 0.306 e. The van der Waals surface area contributed by atoms with Crippen LogP contribution in [0.25, 0.3) is 0 Å². The first-order valence-electron chi connectivity index (χ1n) is 19.8. The van der Waals surface area contributed by atoms with Crippen LogP contribution in [-0.2, 0) is 19.1 Å². The van der Waals surface area contributed by atoms with Crippen LogP contribution in [0.3, 0.4) is 0 Å². The van der Waals surface area contributed by atoms with Gasteiger partial charge in [-0.2, -0.15) is 0 Å². The molecule has 54 heavy (non-hydrogen) atoms. The van der Waals surface area contributed by atoms with Gasteiger partial charge in [0.1, 0.15) is 6.61 Å². The van der Waals surface area contributed by atoms with Crippen LogP contribution in [0, 0.1) is 0 Å². The highest BCUT2D eigenvalue weighted by Gasteiger charge is 2.15. The zero-order chi connectivity index (χ0) is 39.8. The molecule has 0 aliphatic rings. The first kappa shape index (κ1) is 51.8. The Balaban J connectivity index is 0. The highest BCUT2D eigenvalue weighted by atomic mass is 16.6. The topological polar surface area (TPSA) is 93.1 Å². The molecule has 0 aromatic heterocycles. The minimum Gasteiger partial charge on any atom is -0.462 e. The van der Waals surface area contributed by atoms with Crippen molar-refractivity contribution < 1.29 is 29.3 Å². The summed E-state index contributed by atoms with van der Waals surface area (Å²) in [5, 5.41) is 16.5. The van der Waals surface area contributed by atoms with Gasteiger partial charge in [-0.3, -0.25) is 9.59 Å². The predicted octanol–water partition coefficient (Wildman–Crippen LogP) is 12.0. The molecular weight excluding hydrogens is 673 g/mol. The van der Waals surface area contributed by atoms with Gasteiger partial charge in [0.25, 0.3) is 0 Å². The molecule has 6 nitrogen and oxygen atoms in total. The van der Waals surface area contributed by atoms with Crippen LogP contribution in [0.15, 0.2) is 146 Å². The average Bonchev–Trinajstić information content (AvgIpc) is 3.19. The Bertz CT molecular complexity index is 1220. The summed E-state index contributed by atoms with van der Waals surface area (Å²) >= 11 is 0. The van der Waals surface area contributed by atoms with Crippen LogP contribution in [0.4, 0.5) is 0 Å². The Hall–Kier alpha value is -4.26. The van der Waals surface area contributed by atoms with Crippen molar-refractivity contribution in [2.24, 2.45) is 0 Å². The first-order valence-corrected chi connectivity index (χ1v) is 19.8. The lowest BCUT2D eigenvalue weighted by atomic mass is 10.2. The Kier molecular flexibility index (Phi) is 44.9. The van der Waals surface area contributed by atoms with Crippen molar-refractivity contribution in [2.45, 2.75) is 123 Å². The number of hydrogen-bond acceptors (Lipinski definition) is 6. The van der Waals surface area contributed by atoms with Crippen molar-refractivity contribution in [3.8, 4) is 0 Å². The summed E-state index contributed by atoms with van der Waals surface area (Å²) in [5.74, 6) is -0.806. The van der Waals surface area contributed by atoms with Gasteiger partial charge in [0.05, 0.1) is 6.61 Å². The van der Waals surface area contributed by atoms with Crippen molar-refractivity contribution >= 4 is 11.9 Å². The number of ether oxygens (including phenoxy) is 2. The second-order valence-electron chi connectivity index (χ2n) is 11.9. The van der Waals surface area contributed by atoms with E-state index in [1.807, 2.05) is 24.3 Å². The molecular formula is C48H72O6. The molecule has 300 valence electrons. The average molecular weight is 745 g/mol. The van der Waals surface area contributed by atoms with Gasteiger partial charge in [-0.1, -0.05) is 160 Å². The number of rotatable bonds is 32. The zero-order valence-electron chi connectivity index (χ0n) is 33.7. The Labute approximate surface area is 329 Å². The van der Waals surface area contributed by atoms with Gasteiger partial charge in [0, 0.05) is 20.0 Å². The molecule has 2 N–H and O–H groups in total. The number of allylic oxidation sites excluding steroid dienone is 24. The molecule has 0 aliphatic carbocycles. The zero-order valence-corrected chi connectivity index (χ0v) is 33.7. The fraction of sp³-hybridized carbons (Fsp3) is 0.458. The molecule has 0 saturated heterocycles. The summed E-state index contributed by atoms with van der Waals surface area (Å²) in [6, 6.07) is 0. The van der Waals surface area contributed by atoms with E-state index >= 15 is 0 Å². The number of carbonyl (C=O) groups excluding carboxylic acids is 2. The van der Waals surface area contributed by atoms with E-state index in [-0.39, 0.29) is 25.4 Å². The third-order valence-electron chi connectivity index (χ3n) is 7.16. The van der Waals surface area contributed by atoms with Gasteiger partial charge in [-0.15, -0.1) is 0 Å². The molecule has 0 aromatic carbocycles. The number of hydrogen-bond donors (Lipinski definition) is 2. The summed E-state index contributed by atoms with van der Waals surface area (Å²) in [4.78, 5) is 24.2. The van der Waals surface area contributed by atoms with Crippen molar-refractivity contribution in [1.82, 2.24) is 0 Å². The van der Waals surface area contributed by atoms with E-state index in [2.05, 4.69) is 135 Å². The summed E-state index contributed by atoms with van der Waals surface area (Å²) in [6.45, 7) is 3.74. The normalized spacial score (nSPS) is 13.4. The number of carbonyl (C=O) groups is 2. The predicted molar refractivity (Wildman–Crippen MR) is 231 cm³/mol. The molecule has 0 unspecified atom stereocenters. The Morgan fingerprint density at radius 2 is 0.685 bits per heavy atom. The van der Waals surface area contributed by atoms with Gasteiger partial charge < -0.3 is 19.7 Å². The van der Waals surface area contributed by atoms with Crippen molar-refractivity contribution in [2.75, 3.05) is 20.3 Å². The lowest BCUT2D eigenvalue weighted by Gasteiger charge is -2.15. The summed E-state index contributed by atoms with van der Waals surface area (Å²) in [5.41, 5.74) is 0. The van der Waals surface area contributed by atoms with Crippen LogP contribution in [0.2, 0.25) is 0 Å². The molecule has 1 atom stereocenters. The largest absolute Gasteiger partial charge is 0.462 e. The molecule has 0 radical (unpaired) electrons. The molecule has 0 spiro atoms. The summed E-state index contributed by atoms with van der Waals surface area (Å²) in [6.07, 6.45) is 63.5. The van der Waals surface area contributed by atoms with E-state index in [0.29, 0.717) is 12.8 Å². The molecule has 0 rings (SSSR count). The quantitative estimate of drug-likeness (QED) is 0.0526. The standard InChI is InChI=1S/C47H68O5.CH4O/c1-3-5-7-9-11-13-15-17-19-21-23-25-27-29-31-33-35-37-39-41-46(49)51-44-45(43-48)52-47(50)42-40-38-36-34-32-30-28-26-24-22-20-18-16-14-12-10-8-6-4-2;1-2/h5-8,11-14,17-20,23-26,29-32,35-38,45,48H,3-4,9-10,15-16,21-22,27-28,33-34,39-44H2,1-2H3;2H,1H3/b7-5-,8-6-,13-11-,14-12-,19-17-,20-18-,25-23-,26-24-,31-29-,32-30-,37-35-,38-36-;/t45-;/m0./s1. The van der Waals surface area contributed by atoms with Crippen LogP contribution in [0.5, 0.6) is 0 Å². The second kappa shape index (κ2) is 46.8. The third kappa shape index (κ3) is 43.9. The lowest BCUT2D eigenvalue weighted by Crippen LogP contribution is -2.28. The summed E-state index contributed by atoms with van der Waals surface area (Å²) in [7, 11) is 1.00. The molecule has 0 amide bonds. The number of aliphatic hydroxyl groups excluding tert-OH is 2. The maximum Gasteiger partial charge on any atom is 0.306 e. The minimum atomic E-state index is -0.854. The minimum absolute atomic E-state index is 0.148. The van der Waals surface area contributed by atoms with Gasteiger partial charge in [0.2, 0.25) is 0 Å². The number of aliphatic hydroxyl groups is 2.